The summed E-state index contributed by atoms with van der Waals surface area (Å²) in [6, 6.07) is 9.07. The van der Waals surface area contributed by atoms with Crippen LogP contribution in [-0.4, -0.2) is 30.3 Å². The van der Waals surface area contributed by atoms with Crippen LogP contribution in [0, 0.1) is 13.8 Å². The number of aryl methyl sites for hydroxylation is 2. The van der Waals surface area contributed by atoms with Crippen molar-refractivity contribution in [2.45, 2.75) is 52.8 Å². The van der Waals surface area contributed by atoms with Crippen molar-refractivity contribution in [2.75, 3.05) is 6.61 Å². The Morgan fingerprint density at radius 3 is 2.28 bits per heavy atom. The second kappa shape index (κ2) is 9.67. The highest BCUT2D eigenvalue weighted by molar-refractivity contribution is 5.77. The van der Waals surface area contributed by atoms with Gasteiger partial charge >= 0.3 is 0 Å². The van der Waals surface area contributed by atoms with Crippen LogP contribution in [-0.2, 0) is 11.2 Å². The lowest BCUT2D eigenvalue weighted by atomic mass is 9.93. The average Bonchev–Trinajstić information content (AvgIpc) is 2.63. The number of amides is 1. The Kier molecular flexibility index (Phi) is 7.53. The molecule has 1 unspecified atom stereocenters. The summed E-state index contributed by atoms with van der Waals surface area (Å²) in [6.07, 6.45) is -5.33. The maximum Gasteiger partial charge on any atom is 0.287 e. The van der Waals surface area contributed by atoms with Gasteiger partial charge in [0.1, 0.15) is 11.5 Å². The van der Waals surface area contributed by atoms with Gasteiger partial charge in [-0.1, -0.05) is 26.0 Å². The molecule has 0 aliphatic carbocycles. The van der Waals surface area contributed by atoms with Crippen molar-refractivity contribution in [3.8, 4) is 11.5 Å². The van der Waals surface area contributed by atoms with E-state index in [4.69, 9.17) is 4.74 Å². The standard InChI is InChI=1S/C22H26F3NO3/c1-12(2)17-9-15(5-6-19(17)27)10-18-13(3)7-16(8-14(18)4)29-11-20(28)26-22(25)21(23)24/h5-9,12,21-22,27H,10-11H2,1-4H3,(H,26,28). The highest BCUT2D eigenvalue weighted by Crippen LogP contribution is 2.29. The molecule has 4 nitrogen and oxygen atoms in total. The Morgan fingerprint density at radius 2 is 1.72 bits per heavy atom. The molecule has 158 valence electrons. The number of hydrogen-bond donors (Lipinski definition) is 2. The molecule has 2 aromatic carbocycles. The normalized spacial score (nSPS) is 12.3. The summed E-state index contributed by atoms with van der Waals surface area (Å²) in [5.41, 5.74) is 4.92. The number of benzene rings is 2. The number of phenolic OH excluding ortho intramolecular Hbond substituents is 1. The molecule has 0 aliphatic rings. The van der Waals surface area contributed by atoms with E-state index in [1.54, 1.807) is 23.5 Å². The lowest BCUT2D eigenvalue weighted by Crippen LogP contribution is -2.39. The molecule has 0 saturated carbocycles. The number of halogens is 3. The summed E-state index contributed by atoms with van der Waals surface area (Å²) in [7, 11) is 0. The van der Waals surface area contributed by atoms with Gasteiger partial charge in [-0.15, -0.1) is 0 Å². The monoisotopic (exact) mass is 409 g/mol. The Hall–Kier alpha value is -2.70. The first-order chi connectivity index (χ1) is 13.6. The van der Waals surface area contributed by atoms with Crippen LogP contribution in [0.2, 0.25) is 0 Å². The molecule has 0 heterocycles. The Balaban J connectivity index is 2.10. The van der Waals surface area contributed by atoms with Crippen LogP contribution >= 0.6 is 0 Å². The van der Waals surface area contributed by atoms with Crippen LogP contribution in [0.5, 0.6) is 11.5 Å². The smallest absolute Gasteiger partial charge is 0.287 e. The van der Waals surface area contributed by atoms with E-state index in [9.17, 15) is 23.1 Å². The van der Waals surface area contributed by atoms with Gasteiger partial charge in [-0.05, 0) is 72.2 Å². The minimum atomic E-state index is -3.28. The zero-order valence-electron chi connectivity index (χ0n) is 16.9. The largest absolute Gasteiger partial charge is 0.508 e. The van der Waals surface area contributed by atoms with Crippen LogP contribution < -0.4 is 10.1 Å². The first-order valence-electron chi connectivity index (χ1n) is 9.34. The third kappa shape index (κ3) is 6.14. The third-order valence-electron chi connectivity index (χ3n) is 4.65. The summed E-state index contributed by atoms with van der Waals surface area (Å²) in [4.78, 5) is 11.5. The molecule has 0 bridgehead atoms. The van der Waals surface area contributed by atoms with Gasteiger partial charge in [-0.2, -0.15) is 0 Å². The van der Waals surface area contributed by atoms with Crippen molar-refractivity contribution in [1.82, 2.24) is 5.32 Å². The van der Waals surface area contributed by atoms with Crippen molar-refractivity contribution >= 4 is 5.91 Å². The van der Waals surface area contributed by atoms with Gasteiger partial charge in [0.05, 0.1) is 0 Å². The van der Waals surface area contributed by atoms with E-state index in [0.29, 0.717) is 12.2 Å². The fourth-order valence-corrected chi connectivity index (χ4v) is 3.10. The van der Waals surface area contributed by atoms with Gasteiger partial charge < -0.3 is 15.2 Å². The molecule has 0 radical (unpaired) electrons. The van der Waals surface area contributed by atoms with Crippen LogP contribution in [0.25, 0.3) is 0 Å². The van der Waals surface area contributed by atoms with Gasteiger partial charge in [0.15, 0.2) is 6.61 Å². The molecule has 1 amide bonds. The highest BCUT2D eigenvalue weighted by atomic mass is 19.3. The number of nitrogens with one attached hydrogen (secondary N) is 1. The molecule has 0 fully saturated rings. The molecule has 0 saturated heterocycles. The van der Waals surface area contributed by atoms with Crippen molar-refractivity contribution in [2.24, 2.45) is 0 Å². The molecule has 2 rings (SSSR count). The fraction of sp³-hybridized carbons (Fsp3) is 0.409. The second-order valence-electron chi connectivity index (χ2n) is 7.35. The van der Waals surface area contributed by atoms with Crippen LogP contribution in [0.4, 0.5) is 13.2 Å². The Bertz CT molecular complexity index is 845. The van der Waals surface area contributed by atoms with E-state index >= 15 is 0 Å². The summed E-state index contributed by atoms with van der Waals surface area (Å²) >= 11 is 0. The predicted molar refractivity (Wildman–Crippen MR) is 105 cm³/mol. The minimum absolute atomic E-state index is 0.202. The minimum Gasteiger partial charge on any atom is -0.508 e. The van der Waals surface area contributed by atoms with E-state index in [-0.39, 0.29) is 11.7 Å². The number of alkyl halides is 3. The lowest BCUT2D eigenvalue weighted by molar-refractivity contribution is -0.127. The fourth-order valence-electron chi connectivity index (χ4n) is 3.10. The van der Waals surface area contributed by atoms with Crippen molar-refractivity contribution in [1.29, 1.82) is 0 Å². The summed E-state index contributed by atoms with van der Waals surface area (Å²) < 4.78 is 42.4. The Morgan fingerprint density at radius 1 is 1.10 bits per heavy atom. The number of aromatic hydroxyl groups is 1. The van der Waals surface area contributed by atoms with E-state index < -0.39 is 25.2 Å². The summed E-state index contributed by atoms with van der Waals surface area (Å²) in [5.74, 6) is -0.0722. The van der Waals surface area contributed by atoms with Gasteiger partial charge in [0.25, 0.3) is 12.3 Å². The summed E-state index contributed by atoms with van der Waals surface area (Å²) in [6.45, 7) is 7.30. The maximum absolute atomic E-state index is 12.8. The number of carbonyl (C=O) groups excluding carboxylic acids is 1. The third-order valence-corrected chi connectivity index (χ3v) is 4.65. The molecule has 2 aromatic rings. The van der Waals surface area contributed by atoms with Gasteiger partial charge in [0.2, 0.25) is 6.30 Å². The molecule has 7 heteroatoms. The van der Waals surface area contributed by atoms with Gasteiger partial charge in [0, 0.05) is 0 Å². The molecule has 0 aliphatic heterocycles. The van der Waals surface area contributed by atoms with E-state index in [1.807, 2.05) is 39.8 Å². The van der Waals surface area contributed by atoms with Crippen LogP contribution in [0.15, 0.2) is 30.3 Å². The van der Waals surface area contributed by atoms with Crippen molar-refractivity contribution in [3.05, 3.63) is 58.1 Å². The molecular weight excluding hydrogens is 383 g/mol. The SMILES string of the molecule is Cc1cc(OCC(=O)NC(F)C(F)F)cc(C)c1Cc1ccc(O)c(C(C)C)c1. The number of phenols is 1. The zero-order chi connectivity index (χ0) is 21.7. The molecule has 0 aromatic heterocycles. The molecular formula is C22H26F3NO3. The first-order valence-corrected chi connectivity index (χ1v) is 9.34. The zero-order valence-corrected chi connectivity index (χ0v) is 16.9. The van der Waals surface area contributed by atoms with Gasteiger partial charge in [-0.25, -0.2) is 13.2 Å². The highest BCUT2D eigenvalue weighted by Gasteiger charge is 2.21. The second-order valence-corrected chi connectivity index (χ2v) is 7.35. The van der Waals surface area contributed by atoms with Crippen molar-refractivity contribution < 1.29 is 27.8 Å². The maximum atomic E-state index is 12.8. The molecule has 1 atom stereocenters. The lowest BCUT2D eigenvalue weighted by Gasteiger charge is -2.16. The van der Waals surface area contributed by atoms with Crippen LogP contribution in [0.3, 0.4) is 0 Å². The number of hydrogen-bond acceptors (Lipinski definition) is 3. The number of rotatable bonds is 8. The van der Waals surface area contributed by atoms with E-state index in [1.165, 1.54) is 0 Å². The molecule has 2 N–H and O–H groups in total. The quantitative estimate of drug-likeness (QED) is 0.617. The number of ether oxygens (including phenoxy) is 1. The van der Waals surface area contributed by atoms with E-state index in [2.05, 4.69) is 0 Å². The topological polar surface area (TPSA) is 58.6 Å². The molecule has 0 spiro atoms. The van der Waals surface area contributed by atoms with E-state index in [0.717, 1.165) is 27.8 Å². The average molecular weight is 409 g/mol. The van der Waals surface area contributed by atoms with Gasteiger partial charge in [-0.3, -0.25) is 4.79 Å². The molecule has 29 heavy (non-hydrogen) atoms. The predicted octanol–water partition coefficient (Wildman–Crippen LogP) is 4.78. The Labute approximate surface area is 168 Å². The summed E-state index contributed by atoms with van der Waals surface area (Å²) in [5, 5.41) is 11.5. The first kappa shape index (κ1) is 22.6. The van der Waals surface area contributed by atoms with Crippen LogP contribution in [0.1, 0.15) is 47.6 Å². The van der Waals surface area contributed by atoms with Crippen molar-refractivity contribution in [3.63, 3.8) is 0 Å². The number of carbonyl (C=O) groups is 1.